The first-order valence-corrected chi connectivity index (χ1v) is 5.83. The molecular formula is C11H19NO4. The Morgan fingerprint density at radius 3 is 3.06 bits per heavy atom. The molecule has 92 valence electrons. The monoisotopic (exact) mass is 229 g/mol. The second-order valence-corrected chi connectivity index (χ2v) is 4.43. The van der Waals surface area contributed by atoms with E-state index in [1.165, 1.54) is 0 Å². The van der Waals surface area contributed by atoms with Crippen LogP contribution >= 0.6 is 0 Å². The lowest BCUT2D eigenvalue weighted by molar-refractivity contribution is -0.165. The van der Waals surface area contributed by atoms with E-state index in [1.54, 1.807) is 6.92 Å². The van der Waals surface area contributed by atoms with Crippen LogP contribution in [0.1, 0.15) is 19.8 Å². The Balaban J connectivity index is 2.14. The third-order valence-electron chi connectivity index (χ3n) is 3.33. The highest BCUT2D eigenvalue weighted by Gasteiger charge is 2.54. The van der Waals surface area contributed by atoms with Crippen molar-refractivity contribution in [2.45, 2.75) is 31.4 Å². The van der Waals surface area contributed by atoms with Crippen LogP contribution < -0.4 is 5.73 Å². The molecule has 3 unspecified atom stereocenters. The molecule has 2 aliphatic rings. The number of hydrogen-bond acceptors (Lipinski definition) is 5. The van der Waals surface area contributed by atoms with Crippen LogP contribution in [0.25, 0.3) is 0 Å². The van der Waals surface area contributed by atoms with Crippen LogP contribution in [0.15, 0.2) is 0 Å². The zero-order chi connectivity index (χ0) is 11.6. The van der Waals surface area contributed by atoms with Crippen LogP contribution in [0.2, 0.25) is 0 Å². The molecule has 5 nitrogen and oxygen atoms in total. The van der Waals surface area contributed by atoms with Gasteiger partial charge in [0.15, 0.2) is 0 Å². The molecule has 0 aromatic heterocycles. The molecule has 2 heterocycles. The van der Waals surface area contributed by atoms with Gasteiger partial charge in [-0.3, -0.25) is 4.79 Å². The fraction of sp³-hybridized carbons (Fsp3) is 0.909. The lowest BCUT2D eigenvalue weighted by atomic mass is 9.81. The largest absolute Gasteiger partial charge is 0.466 e. The maximum absolute atomic E-state index is 11.9. The summed E-state index contributed by atoms with van der Waals surface area (Å²) in [6.07, 6.45) is 1.73. The van der Waals surface area contributed by atoms with Gasteiger partial charge >= 0.3 is 5.97 Å². The van der Waals surface area contributed by atoms with Crippen molar-refractivity contribution in [2.24, 2.45) is 11.7 Å². The van der Waals surface area contributed by atoms with Crippen molar-refractivity contribution in [1.82, 2.24) is 0 Å². The number of hydrogen-bond donors (Lipinski definition) is 1. The van der Waals surface area contributed by atoms with E-state index < -0.39 is 5.60 Å². The molecule has 2 N–H and O–H groups in total. The molecule has 0 aromatic carbocycles. The molecule has 5 heteroatoms. The van der Waals surface area contributed by atoms with Gasteiger partial charge < -0.3 is 19.9 Å². The molecule has 0 saturated carbocycles. The zero-order valence-corrected chi connectivity index (χ0v) is 9.61. The lowest BCUT2D eigenvalue weighted by Gasteiger charge is -2.36. The number of nitrogens with two attached hydrogens (primary N) is 1. The molecule has 3 atom stereocenters. The molecule has 2 fully saturated rings. The number of carbonyl (C=O) groups is 1. The Kier molecular flexibility index (Phi) is 3.47. The normalized spacial score (nSPS) is 38.9. The van der Waals surface area contributed by atoms with Crippen LogP contribution in [-0.2, 0) is 19.0 Å². The molecule has 2 saturated heterocycles. The number of ether oxygens (including phenoxy) is 3. The summed E-state index contributed by atoms with van der Waals surface area (Å²) in [4.78, 5) is 11.9. The first-order valence-electron chi connectivity index (χ1n) is 5.83. The summed E-state index contributed by atoms with van der Waals surface area (Å²) < 4.78 is 16.2. The van der Waals surface area contributed by atoms with Crippen molar-refractivity contribution >= 4 is 5.97 Å². The second-order valence-electron chi connectivity index (χ2n) is 4.43. The Hall–Kier alpha value is -0.650. The molecule has 16 heavy (non-hydrogen) atoms. The smallest absolute Gasteiger partial charge is 0.313 e. The van der Waals surface area contributed by atoms with Gasteiger partial charge in [0, 0.05) is 12.6 Å². The maximum Gasteiger partial charge on any atom is 0.313 e. The minimum atomic E-state index is -0.538. The standard InChI is InChI=1S/C11H19NO4/c1-2-15-10(13)9-8(12)6-16-11(9)4-3-5-14-7-11/h8-9H,2-7,12H2,1H3. The average Bonchev–Trinajstić information content (AvgIpc) is 2.57. The number of carbonyl (C=O) groups excluding carboxylic acids is 1. The summed E-state index contributed by atoms with van der Waals surface area (Å²) in [5.41, 5.74) is 5.40. The van der Waals surface area contributed by atoms with Crippen LogP contribution in [0.4, 0.5) is 0 Å². The molecule has 1 spiro atoms. The van der Waals surface area contributed by atoms with E-state index in [9.17, 15) is 4.79 Å². The van der Waals surface area contributed by atoms with Crippen molar-refractivity contribution < 1.29 is 19.0 Å². The van der Waals surface area contributed by atoms with Gasteiger partial charge in [0.25, 0.3) is 0 Å². The SMILES string of the molecule is CCOC(=O)C1C(N)COC12CCCOC2. The molecule has 0 amide bonds. The van der Waals surface area contributed by atoms with Crippen molar-refractivity contribution in [3.05, 3.63) is 0 Å². The summed E-state index contributed by atoms with van der Waals surface area (Å²) in [5.74, 6) is -0.634. The van der Waals surface area contributed by atoms with Gasteiger partial charge in [-0.1, -0.05) is 0 Å². The maximum atomic E-state index is 11.9. The fourth-order valence-electron chi connectivity index (χ4n) is 2.61. The van der Waals surface area contributed by atoms with E-state index in [0.717, 1.165) is 19.4 Å². The highest BCUT2D eigenvalue weighted by Crippen LogP contribution is 2.38. The summed E-state index contributed by atoms with van der Waals surface area (Å²) in [6.45, 7) is 3.76. The summed E-state index contributed by atoms with van der Waals surface area (Å²) >= 11 is 0. The Labute approximate surface area is 95.2 Å². The minimum Gasteiger partial charge on any atom is -0.466 e. The van der Waals surface area contributed by atoms with Crippen LogP contribution in [0.5, 0.6) is 0 Å². The van der Waals surface area contributed by atoms with E-state index in [-0.39, 0.29) is 17.9 Å². The summed E-state index contributed by atoms with van der Waals surface area (Å²) in [6, 6.07) is -0.277. The molecule has 0 aromatic rings. The van der Waals surface area contributed by atoms with Crippen molar-refractivity contribution in [3.63, 3.8) is 0 Å². The van der Waals surface area contributed by atoms with Crippen molar-refractivity contribution in [2.75, 3.05) is 26.4 Å². The van der Waals surface area contributed by atoms with Gasteiger partial charge in [-0.05, 0) is 19.8 Å². The molecule has 2 rings (SSSR count). The van der Waals surface area contributed by atoms with Crippen molar-refractivity contribution in [1.29, 1.82) is 0 Å². The quantitative estimate of drug-likeness (QED) is 0.679. The van der Waals surface area contributed by atoms with Crippen LogP contribution in [0, 0.1) is 5.92 Å². The minimum absolute atomic E-state index is 0.252. The van der Waals surface area contributed by atoms with Crippen LogP contribution in [-0.4, -0.2) is 44.0 Å². The topological polar surface area (TPSA) is 70.8 Å². The van der Waals surface area contributed by atoms with Gasteiger partial charge in [-0.25, -0.2) is 0 Å². The first-order chi connectivity index (χ1) is 7.69. The third-order valence-corrected chi connectivity index (χ3v) is 3.33. The molecule has 2 aliphatic heterocycles. The van der Waals surface area contributed by atoms with Gasteiger partial charge in [-0.2, -0.15) is 0 Å². The molecule has 0 aliphatic carbocycles. The van der Waals surface area contributed by atoms with Gasteiger partial charge in [-0.15, -0.1) is 0 Å². The molecule has 0 bridgehead atoms. The number of rotatable bonds is 2. The Morgan fingerprint density at radius 1 is 1.62 bits per heavy atom. The highest BCUT2D eigenvalue weighted by atomic mass is 16.6. The lowest BCUT2D eigenvalue weighted by Crippen LogP contribution is -2.51. The van der Waals surface area contributed by atoms with Crippen molar-refractivity contribution in [3.8, 4) is 0 Å². The third kappa shape index (κ3) is 1.95. The van der Waals surface area contributed by atoms with Gasteiger partial charge in [0.05, 0.1) is 19.8 Å². The average molecular weight is 229 g/mol. The molecule has 0 radical (unpaired) electrons. The van der Waals surface area contributed by atoms with E-state index in [4.69, 9.17) is 19.9 Å². The summed E-state index contributed by atoms with van der Waals surface area (Å²) in [5, 5.41) is 0. The van der Waals surface area contributed by atoms with Gasteiger partial charge in [0.1, 0.15) is 11.5 Å². The Morgan fingerprint density at radius 2 is 2.44 bits per heavy atom. The predicted octanol–water partition coefficient (Wildman–Crippen LogP) is 0.0724. The fourth-order valence-corrected chi connectivity index (χ4v) is 2.61. The van der Waals surface area contributed by atoms with E-state index in [2.05, 4.69) is 0 Å². The number of esters is 1. The van der Waals surface area contributed by atoms with E-state index in [1.807, 2.05) is 0 Å². The summed E-state index contributed by atoms with van der Waals surface area (Å²) in [7, 11) is 0. The molecular weight excluding hydrogens is 210 g/mol. The second kappa shape index (κ2) is 4.69. The van der Waals surface area contributed by atoms with Crippen LogP contribution in [0.3, 0.4) is 0 Å². The van der Waals surface area contributed by atoms with E-state index in [0.29, 0.717) is 19.8 Å². The Bertz CT molecular complexity index is 257. The van der Waals surface area contributed by atoms with E-state index >= 15 is 0 Å². The first kappa shape index (κ1) is 11.8. The highest BCUT2D eigenvalue weighted by molar-refractivity contribution is 5.75. The van der Waals surface area contributed by atoms with Gasteiger partial charge in [0.2, 0.25) is 0 Å². The zero-order valence-electron chi connectivity index (χ0n) is 9.61. The predicted molar refractivity (Wildman–Crippen MR) is 56.8 cm³/mol.